The third-order valence-corrected chi connectivity index (χ3v) is 4.16. The minimum Gasteiger partial charge on any atom is -0.350 e. The first-order valence-electron chi connectivity index (χ1n) is 8.00. The zero-order valence-corrected chi connectivity index (χ0v) is 13.2. The fraction of sp³-hybridized carbons (Fsp3) is 0.312. The number of halogens is 1. The van der Waals surface area contributed by atoms with Gasteiger partial charge < -0.3 is 10.6 Å². The minimum atomic E-state index is -0.482. The number of nitrogens with zero attached hydrogens (tertiary/aromatic N) is 4. The first kappa shape index (κ1) is 15.4. The molecular weight excluding hydrogens is 325 g/mol. The Morgan fingerprint density at radius 3 is 2.80 bits per heavy atom. The van der Waals surface area contributed by atoms with Crippen LogP contribution in [0, 0.1) is 11.7 Å². The van der Waals surface area contributed by atoms with E-state index in [0.717, 1.165) is 30.6 Å². The van der Waals surface area contributed by atoms with Crippen LogP contribution in [0.4, 0.5) is 10.3 Å². The normalized spacial score (nSPS) is 15.1. The van der Waals surface area contributed by atoms with Crippen molar-refractivity contribution in [2.75, 3.05) is 11.9 Å². The molecule has 1 aliphatic carbocycles. The van der Waals surface area contributed by atoms with Crippen LogP contribution < -0.4 is 10.6 Å². The highest BCUT2D eigenvalue weighted by atomic mass is 19.1. The molecule has 128 valence electrons. The third kappa shape index (κ3) is 3.54. The third-order valence-electron chi connectivity index (χ3n) is 4.16. The van der Waals surface area contributed by atoms with E-state index < -0.39 is 5.82 Å². The van der Waals surface area contributed by atoms with Gasteiger partial charge in [0.05, 0.1) is 24.2 Å². The van der Waals surface area contributed by atoms with E-state index in [-0.39, 0.29) is 11.9 Å². The van der Waals surface area contributed by atoms with E-state index in [0.29, 0.717) is 29.6 Å². The van der Waals surface area contributed by atoms with Crippen molar-refractivity contribution in [1.82, 2.24) is 30.5 Å². The van der Waals surface area contributed by atoms with Gasteiger partial charge in [0.25, 0.3) is 5.91 Å². The van der Waals surface area contributed by atoms with Crippen LogP contribution in [0.3, 0.4) is 0 Å². The molecule has 8 nitrogen and oxygen atoms in total. The number of rotatable bonds is 6. The van der Waals surface area contributed by atoms with E-state index in [1.54, 1.807) is 12.3 Å². The molecule has 3 aromatic rings. The van der Waals surface area contributed by atoms with Gasteiger partial charge in [-0.1, -0.05) is 0 Å². The number of hydrogen-bond acceptors (Lipinski definition) is 6. The maximum Gasteiger partial charge on any atom is 0.252 e. The number of hydrogen-bond donors (Lipinski definition) is 3. The second kappa shape index (κ2) is 6.42. The van der Waals surface area contributed by atoms with Crippen molar-refractivity contribution >= 4 is 22.9 Å². The van der Waals surface area contributed by atoms with E-state index >= 15 is 0 Å². The quantitative estimate of drug-likeness (QED) is 0.627. The Bertz CT molecular complexity index is 891. The molecule has 9 heteroatoms. The lowest BCUT2D eigenvalue weighted by Gasteiger charge is -2.18. The number of amides is 1. The Kier molecular flexibility index (Phi) is 3.96. The summed E-state index contributed by atoms with van der Waals surface area (Å²) in [5.74, 6) is 0.115. The number of H-pyrrole nitrogens is 1. The van der Waals surface area contributed by atoms with E-state index in [1.807, 2.05) is 0 Å². The molecule has 4 rings (SSSR count). The first-order valence-corrected chi connectivity index (χ1v) is 8.00. The van der Waals surface area contributed by atoms with Gasteiger partial charge in [-0.05, 0) is 24.8 Å². The Balaban J connectivity index is 1.40. The fourth-order valence-corrected chi connectivity index (χ4v) is 2.65. The van der Waals surface area contributed by atoms with Crippen LogP contribution in [0.1, 0.15) is 23.2 Å². The van der Waals surface area contributed by atoms with Crippen molar-refractivity contribution in [2.45, 2.75) is 18.9 Å². The van der Waals surface area contributed by atoms with Crippen LogP contribution in [0.15, 0.2) is 30.9 Å². The predicted molar refractivity (Wildman–Crippen MR) is 88.3 cm³/mol. The summed E-state index contributed by atoms with van der Waals surface area (Å²) in [5, 5.41) is 13.5. The molecule has 0 bridgehead atoms. The molecular formula is C16H16FN7O. The van der Waals surface area contributed by atoms with Crippen molar-refractivity contribution < 1.29 is 9.18 Å². The highest BCUT2D eigenvalue weighted by Gasteiger charge is 2.32. The molecule has 1 amide bonds. The van der Waals surface area contributed by atoms with Crippen molar-refractivity contribution in [3.8, 4) is 0 Å². The largest absolute Gasteiger partial charge is 0.350 e. The summed E-state index contributed by atoms with van der Waals surface area (Å²) in [4.78, 5) is 24.4. The van der Waals surface area contributed by atoms with Crippen LogP contribution >= 0.6 is 0 Å². The molecule has 0 saturated heterocycles. The zero-order valence-electron chi connectivity index (χ0n) is 13.2. The molecule has 3 aromatic heterocycles. The summed E-state index contributed by atoms with van der Waals surface area (Å²) < 4.78 is 12.9. The number of pyridine rings is 1. The van der Waals surface area contributed by atoms with Crippen molar-refractivity contribution in [1.29, 1.82) is 0 Å². The summed E-state index contributed by atoms with van der Waals surface area (Å²) in [6.07, 6.45) is 7.53. The monoisotopic (exact) mass is 341 g/mol. The van der Waals surface area contributed by atoms with E-state index in [2.05, 4.69) is 35.8 Å². The number of aromatic nitrogens is 5. The number of fused-ring (bicyclic) bond motifs is 1. The smallest absolute Gasteiger partial charge is 0.252 e. The Morgan fingerprint density at radius 1 is 1.24 bits per heavy atom. The Hall–Kier alpha value is -3.10. The summed E-state index contributed by atoms with van der Waals surface area (Å²) >= 11 is 0. The van der Waals surface area contributed by atoms with Gasteiger partial charge in [-0.25, -0.2) is 19.3 Å². The number of anilines is 1. The van der Waals surface area contributed by atoms with E-state index in [9.17, 15) is 9.18 Å². The summed E-state index contributed by atoms with van der Waals surface area (Å²) in [6.45, 7) is 0.424. The van der Waals surface area contributed by atoms with Gasteiger partial charge in [-0.15, -0.1) is 0 Å². The average Bonchev–Trinajstić information content (AvgIpc) is 3.36. The van der Waals surface area contributed by atoms with Gasteiger partial charge in [0.2, 0.25) is 5.95 Å². The lowest BCUT2D eigenvalue weighted by Crippen LogP contribution is -2.38. The van der Waals surface area contributed by atoms with Gasteiger partial charge >= 0.3 is 0 Å². The van der Waals surface area contributed by atoms with Gasteiger partial charge in [-0.2, -0.15) is 5.10 Å². The Labute approximate surface area is 142 Å². The molecule has 25 heavy (non-hydrogen) atoms. The van der Waals surface area contributed by atoms with Gasteiger partial charge in [-0.3, -0.25) is 9.89 Å². The number of nitrogens with one attached hydrogen (secondary N) is 3. The highest BCUT2D eigenvalue weighted by molar-refractivity contribution is 5.96. The molecule has 3 N–H and O–H groups in total. The molecule has 3 heterocycles. The zero-order chi connectivity index (χ0) is 17.2. The van der Waals surface area contributed by atoms with Crippen LogP contribution in [-0.4, -0.2) is 43.6 Å². The lowest BCUT2D eigenvalue weighted by molar-refractivity contribution is 0.0951. The molecule has 0 radical (unpaired) electrons. The first-order chi connectivity index (χ1) is 12.2. The van der Waals surface area contributed by atoms with Gasteiger partial charge in [0.1, 0.15) is 0 Å². The molecule has 0 spiro atoms. The summed E-state index contributed by atoms with van der Waals surface area (Å²) in [6, 6.07) is 1.74. The van der Waals surface area contributed by atoms with Crippen molar-refractivity contribution in [3.05, 3.63) is 42.2 Å². The number of aromatic amines is 1. The lowest BCUT2D eigenvalue weighted by atomic mass is 10.1. The fourth-order valence-electron chi connectivity index (χ4n) is 2.65. The maximum atomic E-state index is 12.9. The molecule has 1 aliphatic rings. The molecule has 0 aromatic carbocycles. The predicted octanol–water partition coefficient (Wildman–Crippen LogP) is 1.51. The second-order valence-corrected chi connectivity index (χ2v) is 6.06. The number of carbonyl (C=O) groups excluding carboxylic acids is 1. The molecule has 0 aliphatic heterocycles. The average molecular weight is 341 g/mol. The molecule has 1 fully saturated rings. The second-order valence-electron chi connectivity index (χ2n) is 6.06. The summed E-state index contributed by atoms with van der Waals surface area (Å²) in [7, 11) is 0. The van der Waals surface area contributed by atoms with Crippen LogP contribution in [-0.2, 0) is 0 Å². The summed E-state index contributed by atoms with van der Waals surface area (Å²) in [5.41, 5.74) is 1.11. The van der Waals surface area contributed by atoms with E-state index in [4.69, 9.17) is 0 Å². The van der Waals surface area contributed by atoms with Gasteiger partial charge in [0.15, 0.2) is 11.5 Å². The van der Waals surface area contributed by atoms with Crippen molar-refractivity contribution in [3.63, 3.8) is 0 Å². The van der Waals surface area contributed by atoms with E-state index in [1.165, 1.54) is 6.20 Å². The van der Waals surface area contributed by atoms with Crippen LogP contribution in [0.5, 0.6) is 0 Å². The number of carbonyl (C=O) groups is 1. The standard InChI is InChI=1S/C16H16FN7O/c17-12-6-20-16(21-7-12)23-13(9-1-2-9)8-19-15(25)11-3-10-5-22-24-14(10)18-4-11/h3-7,9,13H,1-2,8H2,(H,19,25)(H,18,22,24)(H,20,21,23). The topological polar surface area (TPSA) is 108 Å². The SMILES string of the molecule is O=C(NCC(Nc1ncc(F)cn1)C1CC1)c1cnc2[nH]ncc2c1. The Morgan fingerprint density at radius 2 is 2.04 bits per heavy atom. The van der Waals surface area contributed by atoms with Crippen LogP contribution in [0.25, 0.3) is 11.0 Å². The molecule has 1 atom stereocenters. The van der Waals surface area contributed by atoms with Gasteiger partial charge in [0, 0.05) is 24.2 Å². The molecule has 1 unspecified atom stereocenters. The maximum absolute atomic E-state index is 12.9. The van der Waals surface area contributed by atoms with Crippen molar-refractivity contribution in [2.24, 2.45) is 5.92 Å². The van der Waals surface area contributed by atoms with Crippen LogP contribution in [0.2, 0.25) is 0 Å². The minimum absolute atomic E-state index is 0.0000248. The molecule has 1 saturated carbocycles. The highest BCUT2D eigenvalue weighted by Crippen LogP contribution is 2.33.